The zero-order valence-corrected chi connectivity index (χ0v) is 28.6. The van der Waals surface area contributed by atoms with Gasteiger partial charge in [0.15, 0.2) is 0 Å². The second-order valence-corrected chi connectivity index (χ2v) is 14.1. The van der Waals surface area contributed by atoms with Gasteiger partial charge in [0.1, 0.15) is 17.7 Å². The Hall–Kier alpha value is -5.54. The molecule has 1 unspecified atom stereocenters. The molecule has 7 heterocycles. The van der Waals surface area contributed by atoms with E-state index >= 15 is 0 Å². The van der Waals surface area contributed by atoms with E-state index in [-0.39, 0.29) is 24.1 Å². The van der Waals surface area contributed by atoms with Gasteiger partial charge >= 0.3 is 0 Å². The quantitative estimate of drug-likeness (QED) is 0.201. The van der Waals surface area contributed by atoms with Crippen LogP contribution in [0.2, 0.25) is 0 Å². The average molecular weight is 685 g/mol. The van der Waals surface area contributed by atoms with Gasteiger partial charge < -0.3 is 20.1 Å². The van der Waals surface area contributed by atoms with E-state index < -0.39 is 11.9 Å². The molecule has 8 rings (SSSR count). The van der Waals surface area contributed by atoms with E-state index in [1.54, 1.807) is 23.4 Å². The van der Waals surface area contributed by atoms with Crippen LogP contribution in [0, 0.1) is 17.8 Å². The van der Waals surface area contributed by atoms with Crippen molar-refractivity contribution in [2.45, 2.75) is 63.6 Å². The highest BCUT2D eigenvalue weighted by molar-refractivity contribution is 6.06. The first-order valence-electron chi connectivity index (χ1n) is 17.8. The number of fused-ring (bicyclic) bond motifs is 2. The van der Waals surface area contributed by atoms with Crippen LogP contribution in [0.15, 0.2) is 54.9 Å². The first-order chi connectivity index (χ1) is 24.8. The summed E-state index contributed by atoms with van der Waals surface area (Å²) in [5.74, 6) is 7.30. The predicted octanol–water partition coefficient (Wildman–Crippen LogP) is 4.40. The molecule has 3 saturated heterocycles. The molecule has 1 aromatic carbocycles. The topological polar surface area (TPSA) is 144 Å². The van der Waals surface area contributed by atoms with E-state index in [0.717, 1.165) is 73.2 Å². The predicted molar refractivity (Wildman–Crippen MR) is 192 cm³/mol. The van der Waals surface area contributed by atoms with E-state index in [9.17, 15) is 19.2 Å². The van der Waals surface area contributed by atoms with Crippen molar-refractivity contribution in [1.29, 1.82) is 0 Å². The fourth-order valence-electron chi connectivity index (χ4n) is 7.81. The number of amides is 4. The summed E-state index contributed by atoms with van der Waals surface area (Å²) in [6, 6.07) is 13.1. The fourth-order valence-corrected chi connectivity index (χ4v) is 7.81. The van der Waals surface area contributed by atoms with Crippen molar-refractivity contribution in [2.24, 2.45) is 5.92 Å². The highest BCUT2D eigenvalue weighted by atomic mass is 16.2. The number of benzene rings is 1. The molecule has 0 spiro atoms. The summed E-state index contributed by atoms with van der Waals surface area (Å²) in [4.78, 5) is 68.7. The number of aromatic nitrogens is 3. The molecule has 0 bridgehead atoms. The van der Waals surface area contributed by atoms with Crippen LogP contribution >= 0.6 is 0 Å². The lowest BCUT2D eigenvalue weighted by molar-refractivity contribution is -0.136. The molecule has 3 aromatic heterocycles. The number of nitrogens with zero attached hydrogens (tertiary/aromatic N) is 5. The Kier molecular flexibility index (Phi) is 8.73. The maximum Gasteiger partial charge on any atom is 0.258 e. The Morgan fingerprint density at radius 2 is 1.82 bits per heavy atom. The van der Waals surface area contributed by atoms with Crippen LogP contribution in [-0.2, 0) is 16.1 Å². The van der Waals surface area contributed by atoms with Gasteiger partial charge in [-0.25, -0.2) is 9.97 Å². The summed E-state index contributed by atoms with van der Waals surface area (Å²) >= 11 is 0. The van der Waals surface area contributed by atoms with Gasteiger partial charge in [0.25, 0.3) is 11.8 Å². The third-order valence-electron chi connectivity index (χ3n) is 10.7. The minimum atomic E-state index is -0.623. The first-order valence-corrected chi connectivity index (χ1v) is 17.8. The minimum absolute atomic E-state index is 0.179. The number of likely N-dealkylation sites (tertiary alicyclic amines) is 1. The summed E-state index contributed by atoms with van der Waals surface area (Å²) in [5.41, 5.74) is 4.91. The maximum atomic E-state index is 13.0. The van der Waals surface area contributed by atoms with Gasteiger partial charge in [-0.2, -0.15) is 0 Å². The summed E-state index contributed by atoms with van der Waals surface area (Å²) in [7, 11) is 2.15. The molecule has 4 aliphatic rings. The van der Waals surface area contributed by atoms with E-state index in [1.165, 1.54) is 12.1 Å². The number of hydrogen-bond acceptors (Lipinski definition) is 8. The number of rotatable bonds is 6. The highest BCUT2D eigenvalue weighted by Crippen LogP contribution is 2.32. The zero-order chi connectivity index (χ0) is 35.1. The number of imide groups is 1. The van der Waals surface area contributed by atoms with Gasteiger partial charge in [-0.3, -0.25) is 29.4 Å². The van der Waals surface area contributed by atoms with Crippen LogP contribution in [0.25, 0.3) is 10.9 Å². The van der Waals surface area contributed by atoms with E-state index in [4.69, 9.17) is 0 Å². The smallest absolute Gasteiger partial charge is 0.258 e. The monoisotopic (exact) mass is 684 g/mol. The molecule has 0 saturated carbocycles. The van der Waals surface area contributed by atoms with Gasteiger partial charge in [0.05, 0.1) is 11.1 Å². The molecular weight excluding hydrogens is 644 g/mol. The lowest BCUT2D eigenvalue weighted by Gasteiger charge is -2.32. The molecule has 4 aliphatic heterocycles. The molecule has 4 aromatic rings. The minimum Gasteiger partial charge on any atom is -0.357 e. The Morgan fingerprint density at radius 3 is 2.59 bits per heavy atom. The second-order valence-electron chi connectivity index (χ2n) is 14.1. The third-order valence-corrected chi connectivity index (χ3v) is 10.7. The normalized spacial score (nSPS) is 21.1. The lowest BCUT2D eigenvalue weighted by Crippen LogP contribution is -2.52. The van der Waals surface area contributed by atoms with Gasteiger partial charge in [-0.05, 0) is 93.6 Å². The van der Waals surface area contributed by atoms with Crippen molar-refractivity contribution in [3.63, 3.8) is 0 Å². The van der Waals surface area contributed by atoms with E-state index in [2.05, 4.69) is 60.3 Å². The third kappa shape index (κ3) is 6.69. The van der Waals surface area contributed by atoms with E-state index in [0.29, 0.717) is 41.9 Å². The summed E-state index contributed by atoms with van der Waals surface area (Å²) < 4.78 is 0. The summed E-state index contributed by atoms with van der Waals surface area (Å²) in [6.07, 6.45) is 9.09. The Balaban J connectivity index is 0.818. The van der Waals surface area contributed by atoms with Crippen LogP contribution < -0.4 is 15.5 Å². The molecule has 3 N–H and O–H groups in total. The lowest BCUT2D eigenvalue weighted by atomic mass is 9.93. The number of carbonyl (C=O) groups excluding carboxylic acids is 4. The second kappa shape index (κ2) is 13.6. The van der Waals surface area contributed by atoms with E-state index in [1.807, 2.05) is 30.3 Å². The van der Waals surface area contributed by atoms with Crippen molar-refractivity contribution in [3.8, 4) is 11.8 Å². The Morgan fingerprint density at radius 1 is 0.961 bits per heavy atom. The summed E-state index contributed by atoms with van der Waals surface area (Å²) in [6.45, 7) is 3.16. The SMILES string of the molecule is CN1CCC[C@@H]1c1cc2cnc(NC(=O)c3ccc(N4CCC(CC#Cc5ccc6c(c5)CN(C5CCC(=O)NC5=O)C6=O)CC4)nc3)cc2[nH]1. The van der Waals surface area contributed by atoms with Gasteiger partial charge in [-0.15, -0.1) is 0 Å². The molecule has 51 heavy (non-hydrogen) atoms. The van der Waals surface area contributed by atoms with Crippen LogP contribution in [0.1, 0.15) is 88.5 Å². The molecule has 3 fully saturated rings. The van der Waals surface area contributed by atoms with Gasteiger partial charge in [-0.1, -0.05) is 11.8 Å². The van der Waals surface area contributed by atoms with Crippen molar-refractivity contribution in [2.75, 3.05) is 36.9 Å². The number of piperidine rings is 2. The Bertz CT molecular complexity index is 2090. The van der Waals surface area contributed by atoms with Crippen molar-refractivity contribution >= 4 is 46.2 Å². The van der Waals surface area contributed by atoms with Crippen LogP contribution in [-0.4, -0.2) is 81.1 Å². The number of aromatic amines is 1. The molecule has 12 heteroatoms. The number of anilines is 2. The number of H-pyrrole nitrogens is 1. The molecule has 0 aliphatic carbocycles. The van der Waals surface area contributed by atoms with Gasteiger partial charge in [0.2, 0.25) is 11.8 Å². The average Bonchev–Trinajstić information content (AvgIpc) is 3.84. The largest absolute Gasteiger partial charge is 0.357 e. The van der Waals surface area contributed by atoms with Crippen molar-refractivity contribution in [3.05, 3.63) is 82.8 Å². The van der Waals surface area contributed by atoms with Crippen LogP contribution in [0.5, 0.6) is 0 Å². The van der Waals surface area contributed by atoms with Crippen LogP contribution in [0.3, 0.4) is 0 Å². The number of carbonyl (C=O) groups is 4. The standard InChI is InChI=1S/C39H40N8O4/c1-45-15-3-6-32(45)31-19-27-22-40-34(20-30(27)42-31)43-37(49)26-8-11-35(41-21-26)46-16-13-24(14-17-46)4-2-5-25-7-9-29-28(18-25)23-47(39(29)51)33-10-12-36(48)44-38(33)50/h7-9,11,18-22,24,32-33,42H,3-4,6,10,12-17,23H2,1H3,(H,40,43,49)(H,44,48,50)/t32-,33?/m1/s1. The maximum absolute atomic E-state index is 13.0. The number of nitrogens with one attached hydrogen (secondary N) is 3. The van der Waals surface area contributed by atoms with Crippen LogP contribution in [0.4, 0.5) is 11.6 Å². The van der Waals surface area contributed by atoms with Gasteiger partial charge in [0, 0.05) is 79.2 Å². The molecule has 2 atom stereocenters. The highest BCUT2D eigenvalue weighted by Gasteiger charge is 2.39. The van der Waals surface area contributed by atoms with Crippen molar-refractivity contribution < 1.29 is 19.2 Å². The number of hydrogen-bond donors (Lipinski definition) is 3. The summed E-state index contributed by atoms with van der Waals surface area (Å²) in [5, 5.41) is 6.29. The first kappa shape index (κ1) is 32.7. The molecule has 4 amide bonds. The molecule has 260 valence electrons. The molecular formula is C39H40N8O4. The zero-order valence-electron chi connectivity index (χ0n) is 28.6. The number of pyridine rings is 2. The van der Waals surface area contributed by atoms with Crippen molar-refractivity contribution in [1.82, 2.24) is 30.1 Å². The Labute approximate surface area is 296 Å². The molecule has 12 nitrogen and oxygen atoms in total. The fraction of sp³-hybridized carbons (Fsp3) is 0.385. The molecule has 0 radical (unpaired) electrons.